The molecule has 2 aromatic rings. The molecule has 0 radical (unpaired) electrons. The van der Waals surface area contributed by atoms with Gasteiger partial charge in [-0.25, -0.2) is 0 Å². The molecule has 2 aliphatic rings. The Balaban J connectivity index is 1.54. The predicted molar refractivity (Wildman–Crippen MR) is 100 cm³/mol. The monoisotopic (exact) mass is 379 g/mol. The molecule has 0 spiro atoms. The second-order valence-electron chi connectivity index (χ2n) is 6.62. The van der Waals surface area contributed by atoms with Crippen LogP contribution in [0.4, 0.5) is 11.4 Å². The van der Waals surface area contributed by atoms with Crippen LogP contribution in [0.15, 0.2) is 42.5 Å². The number of anilines is 2. The number of likely N-dealkylation sites (N-methyl/N-ethyl adjacent to an activating group) is 1. The average Bonchev–Trinajstić information content (AvgIpc) is 2.95. The lowest BCUT2D eigenvalue weighted by molar-refractivity contribution is -0.121. The van der Waals surface area contributed by atoms with E-state index in [1.54, 1.807) is 49.5 Å². The molecular weight excluding hydrogens is 362 g/mol. The highest BCUT2D eigenvalue weighted by molar-refractivity contribution is 6.23. The molecule has 0 fully saturated rings. The van der Waals surface area contributed by atoms with Crippen LogP contribution in [0, 0.1) is 0 Å². The molecule has 0 aromatic heterocycles. The number of hydrogen-bond donors (Lipinski definition) is 1. The number of hydrogen-bond acceptors (Lipinski definition) is 5. The van der Waals surface area contributed by atoms with Crippen LogP contribution < -0.4 is 15.0 Å². The van der Waals surface area contributed by atoms with E-state index in [0.717, 1.165) is 4.90 Å². The second-order valence-corrected chi connectivity index (χ2v) is 6.62. The number of carbonyl (C=O) groups excluding carboxylic acids is 4. The van der Waals surface area contributed by atoms with Gasteiger partial charge in [0.05, 0.1) is 16.8 Å². The maximum absolute atomic E-state index is 12.7. The number of fused-ring (bicyclic) bond motifs is 2. The van der Waals surface area contributed by atoms with E-state index in [1.807, 2.05) is 0 Å². The van der Waals surface area contributed by atoms with Crippen molar-refractivity contribution in [3.8, 4) is 5.75 Å². The highest BCUT2D eigenvalue weighted by Crippen LogP contribution is 2.34. The maximum atomic E-state index is 12.7. The Kier molecular flexibility index (Phi) is 4.11. The third kappa shape index (κ3) is 2.70. The highest BCUT2D eigenvalue weighted by atomic mass is 16.5. The Morgan fingerprint density at radius 3 is 2.36 bits per heavy atom. The van der Waals surface area contributed by atoms with Crippen LogP contribution in [0.1, 0.15) is 27.6 Å². The molecule has 0 bridgehead atoms. The van der Waals surface area contributed by atoms with Crippen LogP contribution in [0.5, 0.6) is 5.75 Å². The fourth-order valence-electron chi connectivity index (χ4n) is 3.27. The number of imide groups is 1. The molecule has 0 aliphatic carbocycles. The first-order valence-corrected chi connectivity index (χ1v) is 8.69. The Morgan fingerprint density at radius 1 is 1.07 bits per heavy atom. The molecular formula is C20H17N3O5. The number of ether oxygens (including phenoxy) is 1. The molecule has 8 heteroatoms. The van der Waals surface area contributed by atoms with Gasteiger partial charge >= 0.3 is 0 Å². The maximum Gasteiger partial charge on any atom is 0.264 e. The van der Waals surface area contributed by atoms with Crippen molar-refractivity contribution in [1.29, 1.82) is 0 Å². The van der Waals surface area contributed by atoms with Gasteiger partial charge in [-0.3, -0.25) is 24.1 Å². The number of benzene rings is 2. The van der Waals surface area contributed by atoms with Gasteiger partial charge < -0.3 is 15.0 Å². The van der Waals surface area contributed by atoms with E-state index in [-0.39, 0.29) is 12.5 Å². The molecule has 0 saturated carbocycles. The third-order valence-corrected chi connectivity index (χ3v) is 4.91. The Morgan fingerprint density at radius 2 is 1.71 bits per heavy atom. The summed E-state index contributed by atoms with van der Waals surface area (Å²) < 4.78 is 5.36. The van der Waals surface area contributed by atoms with Crippen LogP contribution in [0.25, 0.3) is 0 Å². The van der Waals surface area contributed by atoms with E-state index < -0.39 is 23.8 Å². The summed E-state index contributed by atoms with van der Waals surface area (Å²) in [5.74, 6) is -1.16. The molecule has 1 atom stereocenters. The summed E-state index contributed by atoms with van der Waals surface area (Å²) in [6.07, 6.45) is 0. The number of nitrogens with zero attached hydrogens (tertiary/aromatic N) is 2. The molecule has 2 aromatic carbocycles. The Hall–Kier alpha value is -3.68. The lowest BCUT2D eigenvalue weighted by Crippen LogP contribution is -2.45. The normalized spacial score (nSPS) is 16.4. The van der Waals surface area contributed by atoms with Crippen molar-refractivity contribution in [2.24, 2.45) is 0 Å². The first-order valence-electron chi connectivity index (χ1n) is 8.69. The van der Waals surface area contributed by atoms with Crippen LogP contribution in [-0.2, 0) is 9.59 Å². The number of amides is 4. The topological polar surface area (TPSA) is 96.0 Å². The number of carbonyl (C=O) groups is 4. The van der Waals surface area contributed by atoms with E-state index in [1.165, 1.54) is 11.8 Å². The fourth-order valence-corrected chi connectivity index (χ4v) is 3.27. The van der Waals surface area contributed by atoms with E-state index in [0.29, 0.717) is 28.3 Å². The predicted octanol–water partition coefficient (Wildman–Crippen LogP) is 1.67. The molecule has 2 heterocycles. The van der Waals surface area contributed by atoms with E-state index in [4.69, 9.17) is 4.74 Å². The number of nitrogens with one attached hydrogen (secondary N) is 1. The Labute approximate surface area is 160 Å². The fraction of sp³-hybridized carbons (Fsp3) is 0.200. The van der Waals surface area contributed by atoms with Gasteiger partial charge in [0, 0.05) is 12.7 Å². The largest absolute Gasteiger partial charge is 0.482 e. The summed E-state index contributed by atoms with van der Waals surface area (Å²) in [6, 6.07) is 10.4. The molecule has 1 unspecified atom stereocenters. The summed E-state index contributed by atoms with van der Waals surface area (Å²) in [7, 11) is 1.62. The smallest absolute Gasteiger partial charge is 0.264 e. The van der Waals surface area contributed by atoms with E-state index in [9.17, 15) is 19.2 Å². The van der Waals surface area contributed by atoms with Crippen molar-refractivity contribution in [1.82, 2.24) is 4.90 Å². The minimum atomic E-state index is -1.00. The summed E-state index contributed by atoms with van der Waals surface area (Å²) in [4.78, 5) is 52.0. The van der Waals surface area contributed by atoms with Gasteiger partial charge in [0.15, 0.2) is 6.61 Å². The second kappa shape index (κ2) is 6.49. The standard InChI is InChI=1S/C20H17N3O5/c1-11(23-19(26)13-5-3-4-6-14(13)20(23)27)18(25)21-12-7-8-16-15(9-12)22(2)17(24)10-28-16/h3-9,11H,10H2,1-2H3,(H,21,25). The zero-order valence-electron chi connectivity index (χ0n) is 15.3. The number of rotatable bonds is 3. The van der Waals surface area contributed by atoms with Gasteiger partial charge in [0.1, 0.15) is 11.8 Å². The third-order valence-electron chi connectivity index (χ3n) is 4.91. The summed E-state index contributed by atoms with van der Waals surface area (Å²) >= 11 is 0. The minimum Gasteiger partial charge on any atom is -0.482 e. The molecule has 28 heavy (non-hydrogen) atoms. The van der Waals surface area contributed by atoms with E-state index in [2.05, 4.69) is 5.32 Å². The van der Waals surface area contributed by atoms with Crippen molar-refractivity contribution in [3.05, 3.63) is 53.6 Å². The quantitative estimate of drug-likeness (QED) is 0.819. The van der Waals surface area contributed by atoms with Gasteiger partial charge in [-0.2, -0.15) is 0 Å². The molecule has 142 valence electrons. The van der Waals surface area contributed by atoms with Crippen LogP contribution in [0.2, 0.25) is 0 Å². The molecule has 1 N–H and O–H groups in total. The Bertz CT molecular complexity index is 997. The SMILES string of the molecule is CC(C(=O)Nc1ccc2c(c1)N(C)C(=O)CO2)N1C(=O)c2ccccc2C1=O. The molecule has 4 rings (SSSR count). The van der Waals surface area contributed by atoms with Crippen molar-refractivity contribution in [2.75, 3.05) is 23.9 Å². The molecule has 4 amide bonds. The lowest BCUT2D eigenvalue weighted by Gasteiger charge is -2.27. The zero-order valence-corrected chi connectivity index (χ0v) is 15.3. The molecule has 0 saturated heterocycles. The van der Waals surface area contributed by atoms with Gasteiger partial charge in [0.2, 0.25) is 5.91 Å². The first-order chi connectivity index (χ1) is 13.4. The lowest BCUT2D eigenvalue weighted by atomic mass is 10.1. The highest BCUT2D eigenvalue weighted by Gasteiger charge is 2.40. The van der Waals surface area contributed by atoms with Crippen molar-refractivity contribution in [2.45, 2.75) is 13.0 Å². The van der Waals surface area contributed by atoms with Crippen LogP contribution >= 0.6 is 0 Å². The first kappa shape index (κ1) is 17.7. The van der Waals surface area contributed by atoms with Gasteiger partial charge in [0.25, 0.3) is 17.7 Å². The molecule has 2 aliphatic heterocycles. The van der Waals surface area contributed by atoms with Gasteiger partial charge in [-0.1, -0.05) is 12.1 Å². The van der Waals surface area contributed by atoms with Crippen molar-refractivity contribution >= 4 is 35.0 Å². The average molecular weight is 379 g/mol. The summed E-state index contributed by atoms with van der Waals surface area (Å²) in [5.41, 5.74) is 1.54. The van der Waals surface area contributed by atoms with E-state index >= 15 is 0 Å². The van der Waals surface area contributed by atoms with Gasteiger partial charge in [-0.05, 0) is 37.3 Å². The zero-order chi connectivity index (χ0) is 20.0. The molecule has 8 nitrogen and oxygen atoms in total. The summed E-state index contributed by atoms with van der Waals surface area (Å²) in [5, 5.41) is 2.69. The van der Waals surface area contributed by atoms with Crippen molar-refractivity contribution < 1.29 is 23.9 Å². The summed E-state index contributed by atoms with van der Waals surface area (Å²) in [6.45, 7) is 1.46. The van der Waals surface area contributed by atoms with Crippen LogP contribution in [0.3, 0.4) is 0 Å². The van der Waals surface area contributed by atoms with Crippen molar-refractivity contribution in [3.63, 3.8) is 0 Å². The van der Waals surface area contributed by atoms with Crippen LogP contribution in [-0.4, -0.2) is 48.2 Å². The minimum absolute atomic E-state index is 0.0357. The van der Waals surface area contributed by atoms with Gasteiger partial charge in [-0.15, -0.1) is 0 Å².